The van der Waals surface area contributed by atoms with Gasteiger partial charge in [0.05, 0.1) is 4.90 Å². The maximum atomic E-state index is 13.2. The third kappa shape index (κ3) is 3.93. The number of nitrogens with one attached hydrogen (secondary N) is 1. The molecule has 1 aromatic heterocycles. The molecule has 1 atom stereocenters. The van der Waals surface area contributed by atoms with Gasteiger partial charge in [-0.2, -0.15) is 0 Å². The zero-order valence-electron chi connectivity index (χ0n) is 15.3. The maximum Gasteiger partial charge on any atom is 0.251 e. The van der Waals surface area contributed by atoms with Crippen molar-refractivity contribution in [3.63, 3.8) is 0 Å². The van der Waals surface area contributed by atoms with E-state index in [0.29, 0.717) is 22.6 Å². The van der Waals surface area contributed by atoms with E-state index in [1.165, 1.54) is 6.20 Å². The molecule has 0 unspecified atom stereocenters. The number of hydrogen-bond acceptors (Lipinski definition) is 6. The lowest BCUT2D eigenvalue weighted by molar-refractivity contribution is 0.0953. The molecule has 0 bridgehead atoms. The summed E-state index contributed by atoms with van der Waals surface area (Å²) < 4.78 is 37.0. The molecule has 148 valence electrons. The second-order valence-corrected chi connectivity index (χ2v) is 8.54. The summed E-state index contributed by atoms with van der Waals surface area (Å²) in [5.74, 6) is 0.653. The summed E-state index contributed by atoms with van der Waals surface area (Å²) in [4.78, 5) is 16.8. The van der Waals surface area contributed by atoms with Crippen molar-refractivity contribution in [1.82, 2.24) is 10.3 Å². The second-order valence-electron chi connectivity index (χ2n) is 6.41. The number of fused-ring (bicyclic) bond motifs is 1. The van der Waals surface area contributed by atoms with Crippen LogP contribution in [0.2, 0.25) is 0 Å². The van der Waals surface area contributed by atoms with E-state index < -0.39 is 21.0 Å². The highest BCUT2D eigenvalue weighted by atomic mass is 32.2. The minimum absolute atomic E-state index is 0.101. The average molecular weight is 410 g/mol. The standard InChI is InChI=1S/C21H18N2O5S/c24-21(15-8-9-18-19(11-15)28-14-27-18)23-13-20(16-5-4-10-22-12-16)29(25,26)17-6-2-1-3-7-17/h1-12,20H,13-14H2,(H,23,24)/t20-/m1/s1. The number of aromatic nitrogens is 1. The molecule has 0 aliphatic carbocycles. The van der Waals surface area contributed by atoms with Crippen molar-refractivity contribution >= 4 is 15.7 Å². The fourth-order valence-electron chi connectivity index (χ4n) is 3.07. The van der Waals surface area contributed by atoms with Crippen LogP contribution < -0.4 is 14.8 Å². The normalized spacial score (nSPS) is 13.7. The topological polar surface area (TPSA) is 94.6 Å². The summed E-state index contributed by atoms with van der Waals surface area (Å²) in [6.45, 7) is 0.00893. The number of carbonyl (C=O) groups is 1. The Kier molecular flexibility index (Phi) is 5.18. The highest BCUT2D eigenvalue weighted by Crippen LogP contribution is 2.33. The maximum absolute atomic E-state index is 13.2. The van der Waals surface area contributed by atoms with Crippen molar-refractivity contribution < 1.29 is 22.7 Å². The van der Waals surface area contributed by atoms with Gasteiger partial charge in [-0.3, -0.25) is 9.78 Å². The molecule has 0 fully saturated rings. The van der Waals surface area contributed by atoms with Gasteiger partial charge in [-0.1, -0.05) is 24.3 Å². The molecule has 2 heterocycles. The van der Waals surface area contributed by atoms with Gasteiger partial charge >= 0.3 is 0 Å². The van der Waals surface area contributed by atoms with Crippen molar-refractivity contribution in [2.75, 3.05) is 13.3 Å². The van der Waals surface area contributed by atoms with Crippen LogP contribution in [0.25, 0.3) is 0 Å². The molecular weight excluding hydrogens is 392 g/mol. The summed E-state index contributed by atoms with van der Waals surface area (Å²) in [5.41, 5.74) is 0.860. The minimum atomic E-state index is -3.74. The third-order valence-electron chi connectivity index (χ3n) is 4.59. The first-order valence-corrected chi connectivity index (χ1v) is 10.5. The molecule has 0 spiro atoms. The molecule has 29 heavy (non-hydrogen) atoms. The molecule has 1 aliphatic heterocycles. The van der Waals surface area contributed by atoms with Gasteiger partial charge in [-0.25, -0.2) is 8.42 Å². The Bertz CT molecular complexity index is 1120. The predicted molar refractivity (Wildman–Crippen MR) is 106 cm³/mol. The molecule has 1 amide bonds. The lowest BCUT2D eigenvalue weighted by atomic mass is 10.1. The van der Waals surface area contributed by atoms with Crippen molar-refractivity contribution in [2.45, 2.75) is 10.1 Å². The van der Waals surface area contributed by atoms with Gasteiger partial charge in [0.25, 0.3) is 5.91 Å². The number of carbonyl (C=O) groups excluding carboxylic acids is 1. The van der Waals surface area contributed by atoms with Gasteiger partial charge in [-0.05, 0) is 42.0 Å². The molecule has 3 aromatic rings. The first-order chi connectivity index (χ1) is 14.1. The monoisotopic (exact) mass is 410 g/mol. The molecule has 8 heteroatoms. The Morgan fingerprint density at radius 2 is 1.83 bits per heavy atom. The van der Waals surface area contributed by atoms with Crippen LogP contribution in [0.15, 0.2) is 78.0 Å². The van der Waals surface area contributed by atoms with Gasteiger partial charge in [0.15, 0.2) is 21.3 Å². The lowest BCUT2D eigenvalue weighted by Crippen LogP contribution is -2.32. The lowest BCUT2D eigenvalue weighted by Gasteiger charge is -2.19. The molecule has 0 saturated heterocycles. The Labute approximate surface area is 168 Å². The van der Waals surface area contributed by atoms with E-state index >= 15 is 0 Å². The summed E-state index contributed by atoms with van der Waals surface area (Å²) in [5, 5.41) is 1.75. The van der Waals surface area contributed by atoms with Crippen molar-refractivity contribution in [3.8, 4) is 11.5 Å². The largest absolute Gasteiger partial charge is 0.454 e. The van der Waals surface area contributed by atoms with Crippen LogP contribution >= 0.6 is 0 Å². The zero-order chi connectivity index (χ0) is 20.3. The van der Waals surface area contributed by atoms with Crippen molar-refractivity contribution in [1.29, 1.82) is 0 Å². The van der Waals surface area contributed by atoms with E-state index in [9.17, 15) is 13.2 Å². The van der Waals surface area contributed by atoms with Gasteiger partial charge < -0.3 is 14.8 Å². The van der Waals surface area contributed by atoms with Gasteiger partial charge in [0, 0.05) is 24.5 Å². The van der Waals surface area contributed by atoms with Crippen LogP contribution in [0.3, 0.4) is 0 Å². The highest BCUT2D eigenvalue weighted by Gasteiger charge is 2.30. The minimum Gasteiger partial charge on any atom is -0.454 e. The summed E-state index contributed by atoms with van der Waals surface area (Å²) in [6.07, 6.45) is 3.07. The van der Waals surface area contributed by atoms with Crippen molar-refractivity contribution in [3.05, 3.63) is 84.2 Å². The molecule has 1 aliphatic rings. The first-order valence-electron chi connectivity index (χ1n) is 8.92. The number of amides is 1. The molecule has 0 radical (unpaired) electrons. The Balaban J connectivity index is 1.59. The average Bonchev–Trinajstić information content (AvgIpc) is 3.23. The van der Waals surface area contributed by atoms with Crippen LogP contribution in [-0.2, 0) is 9.84 Å². The second kappa shape index (κ2) is 7.92. The number of sulfone groups is 1. The molecule has 2 aromatic carbocycles. The van der Waals surface area contributed by atoms with E-state index in [-0.39, 0.29) is 18.2 Å². The molecule has 7 nitrogen and oxygen atoms in total. The van der Waals surface area contributed by atoms with E-state index in [4.69, 9.17) is 9.47 Å². The Morgan fingerprint density at radius 1 is 1.03 bits per heavy atom. The number of benzene rings is 2. The van der Waals surface area contributed by atoms with E-state index in [1.54, 1.807) is 66.9 Å². The van der Waals surface area contributed by atoms with Crippen LogP contribution in [0.5, 0.6) is 11.5 Å². The summed E-state index contributed by atoms with van der Waals surface area (Å²) in [6, 6.07) is 16.3. The van der Waals surface area contributed by atoms with E-state index in [1.807, 2.05) is 0 Å². The van der Waals surface area contributed by atoms with Gasteiger partial charge in [0.1, 0.15) is 5.25 Å². The molecular formula is C21H18N2O5S. The summed E-state index contributed by atoms with van der Waals surface area (Å²) in [7, 11) is -3.74. The summed E-state index contributed by atoms with van der Waals surface area (Å²) >= 11 is 0. The Hall–Kier alpha value is -3.39. The van der Waals surface area contributed by atoms with Gasteiger partial charge in [0.2, 0.25) is 6.79 Å². The van der Waals surface area contributed by atoms with Crippen molar-refractivity contribution in [2.24, 2.45) is 0 Å². The third-order valence-corrected chi connectivity index (χ3v) is 6.70. The zero-order valence-corrected chi connectivity index (χ0v) is 16.1. The Morgan fingerprint density at radius 3 is 2.59 bits per heavy atom. The number of nitrogens with zero attached hydrogens (tertiary/aromatic N) is 1. The van der Waals surface area contributed by atoms with Gasteiger partial charge in [-0.15, -0.1) is 0 Å². The van der Waals surface area contributed by atoms with Crippen LogP contribution in [0, 0.1) is 0 Å². The molecule has 0 saturated carbocycles. The number of ether oxygens (including phenoxy) is 2. The fourth-order valence-corrected chi connectivity index (χ4v) is 4.74. The van der Waals surface area contributed by atoms with Crippen LogP contribution in [-0.4, -0.2) is 32.6 Å². The number of rotatable bonds is 6. The predicted octanol–water partition coefficient (Wildman–Crippen LogP) is 2.76. The number of pyridine rings is 1. The fraction of sp³-hybridized carbons (Fsp3) is 0.143. The first kappa shape index (κ1) is 18.9. The SMILES string of the molecule is O=C(NC[C@H](c1cccnc1)S(=O)(=O)c1ccccc1)c1ccc2c(c1)OCO2. The highest BCUT2D eigenvalue weighted by molar-refractivity contribution is 7.91. The smallest absolute Gasteiger partial charge is 0.251 e. The quantitative estimate of drug-likeness (QED) is 0.672. The van der Waals surface area contributed by atoms with Crippen LogP contribution in [0.4, 0.5) is 0 Å². The van der Waals surface area contributed by atoms with E-state index in [0.717, 1.165) is 0 Å². The number of hydrogen-bond donors (Lipinski definition) is 1. The molecule has 1 N–H and O–H groups in total. The molecule has 4 rings (SSSR count). The van der Waals surface area contributed by atoms with E-state index in [2.05, 4.69) is 10.3 Å². The van der Waals surface area contributed by atoms with Crippen LogP contribution in [0.1, 0.15) is 21.2 Å².